The van der Waals surface area contributed by atoms with E-state index in [4.69, 9.17) is 0 Å². The van der Waals surface area contributed by atoms with Crippen LogP contribution in [-0.4, -0.2) is 27.1 Å². The zero-order valence-corrected chi connectivity index (χ0v) is 13.2. The molecule has 23 heavy (non-hydrogen) atoms. The van der Waals surface area contributed by atoms with Crippen LogP contribution in [-0.2, 0) is 24.1 Å². The molecule has 120 valence electrons. The number of fused-ring (bicyclic) bond motifs is 1. The number of rotatable bonds is 5. The normalized spacial score (nSPS) is 14.8. The number of nitrogens with one attached hydrogen (secondary N) is 1. The molecule has 0 bridgehead atoms. The molecule has 2 N–H and O–H groups in total. The van der Waals surface area contributed by atoms with E-state index < -0.39 is 12.0 Å². The van der Waals surface area contributed by atoms with Crippen molar-refractivity contribution < 1.29 is 9.90 Å². The Bertz CT molecular complexity index is 701. The first-order valence-electron chi connectivity index (χ1n) is 8.03. The summed E-state index contributed by atoms with van der Waals surface area (Å²) >= 11 is 0. The van der Waals surface area contributed by atoms with Crippen LogP contribution in [0.4, 0.5) is 5.82 Å². The number of benzene rings is 1. The lowest BCUT2D eigenvalue weighted by molar-refractivity contribution is -0.137. The summed E-state index contributed by atoms with van der Waals surface area (Å²) in [5, 5.41) is 12.7. The molecule has 1 aromatic carbocycles. The first-order chi connectivity index (χ1) is 11.1. The van der Waals surface area contributed by atoms with Crippen molar-refractivity contribution in [2.75, 3.05) is 5.32 Å². The molecule has 0 radical (unpaired) electrons. The summed E-state index contributed by atoms with van der Waals surface area (Å²) in [4.78, 5) is 20.6. The van der Waals surface area contributed by atoms with Gasteiger partial charge in [-0.05, 0) is 38.2 Å². The van der Waals surface area contributed by atoms with E-state index in [1.165, 1.54) is 0 Å². The summed E-state index contributed by atoms with van der Waals surface area (Å²) in [5.74, 6) is 0.516. The highest BCUT2D eigenvalue weighted by molar-refractivity contribution is 5.77. The zero-order chi connectivity index (χ0) is 16.2. The van der Waals surface area contributed by atoms with Crippen LogP contribution in [0.3, 0.4) is 0 Å². The lowest BCUT2D eigenvalue weighted by Crippen LogP contribution is -2.33. The molecule has 0 fully saturated rings. The Morgan fingerprint density at radius 3 is 2.70 bits per heavy atom. The largest absolute Gasteiger partial charge is 0.480 e. The van der Waals surface area contributed by atoms with Crippen molar-refractivity contribution in [1.82, 2.24) is 9.97 Å². The number of anilines is 1. The predicted octanol–water partition coefficient (Wildman–Crippen LogP) is 2.77. The van der Waals surface area contributed by atoms with Gasteiger partial charge in [-0.25, -0.2) is 14.8 Å². The second-order valence-corrected chi connectivity index (χ2v) is 5.98. The fraction of sp³-hybridized carbons (Fsp3) is 0.389. The van der Waals surface area contributed by atoms with E-state index in [9.17, 15) is 9.90 Å². The minimum Gasteiger partial charge on any atom is -0.480 e. The number of hydrogen-bond donors (Lipinski definition) is 2. The fourth-order valence-electron chi connectivity index (χ4n) is 3.05. The highest BCUT2D eigenvalue weighted by Crippen LogP contribution is 2.26. The summed E-state index contributed by atoms with van der Waals surface area (Å²) in [7, 11) is 0. The molecule has 0 aliphatic heterocycles. The summed E-state index contributed by atoms with van der Waals surface area (Å²) in [6.07, 6.45) is 4.52. The van der Waals surface area contributed by atoms with E-state index in [1.807, 2.05) is 37.3 Å². The van der Waals surface area contributed by atoms with Crippen molar-refractivity contribution in [3.8, 4) is 0 Å². The quantitative estimate of drug-likeness (QED) is 0.888. The van der Waals surface area contributed by atoms with Crippen LogP contribution in [0.1, 0.15) is 35.5 Å². The van der Waals surface area contributed by atoms with Crippen molar-refractivity contribution in [2.24, 2.45) is 0 Å². The van der Waals surface area contributed by atoms with Crippen LogP contribution >= 0.6 is 0 Å². The Balaban J connectivity index is 1.86. The zero-order valence-electron chi connectivity index (χ0n) is 13.2. The Labute approximate surface area is 135 Å². The molecule has 0 saturated carbocycles. The van der Waals surface area contributed by atoms with Crippen molar-refractivity contribution in [1.29, 1.82) is 0 Å². The second kappa shape index (κ2) is 6.77. The van der Waals surface area contributed by atoms with Gasteiger partial charge >= 0.3 is 5.97 Å². The summed E-state index contributed by atoms with van der Waals surface area (Å²) in [5.41, 5.74) is 3.14. The minimum absolute atomic E-state index is 0.425. The number of aryl methyl sites for hydroxylation is 2. The molecule has 0 saturated heterocycles. The van der Waals surface area contributed by atoms with E-state index in [2.05, 4.69) is 15.3 Å². The van der Waals surface area contributed by atoms with E-state index in [0.29, 0.717) is 18.1 Å². The van der Waals surface area contributed by atoms with Gasteiger partial charge in [0.25, 0.3) is 0 Å². The topological polar surface area (TPSA) is 75.1 Å². The van der Waals surface area contributed by atoms with Gasteiger partial charge in [0, 0.05) is 17.7 Å². The van der Waals surface area contributed by atoms with E-state index in [-0.39, 0.29) is 0 Å². The lowest BCUT2D eigenvalue weighted by Gasteiger charge is -2.22. The molecule has 5 nitrogen and oxygen atoms in total. The third kappa shape index (κ3) is 3.67. The van der Waals surface area contributed by atoms with Gasteiger partial charge in [0.15, 0.2) is 0 Å². The van der Waals surface area contributed by atoms with Gasteiger partial charge in [0.2, 0.25) is 0 Å². The smallest absolute Gasteiger partial charge is 0.326 e. The molecule has 1 heterocycles. The standard InChI is InChI=1S/C18H21N3O2/c1-12-19-15-10-6-5-9-14(15)17(20-12)21-16(18(22)23)11-13-7-3-2-4-8-13/h2-4,7-8,16H,5-6,9-11H2,1H3,(H,22,23)(H,19,20,21)/t16-/m0/s1. The van der Waals surface area contributed by atoms with Gasteiger partial charge in [-0.3, -0.25) is 0 Å². The fourth-order valence-corrected chi connectivity index (χ4v) is 3.05. The molecule has 0 amide bonds. The Morgan fingerprint density at radius 2 is 1.96 bits per heavy atom. The van der Waals surface area contributed by atoms with Crippen LogP contribution in [0.5, 0.6) is 0 Å². The molecule has 2 aromatic rings. The average Bonchev–Trinajstić information content (AvgIpc) is 2.55. The van der Waals surface area contributed by atoms with Gasteiger partial charge in [-0.15, -0.1) is 0 Å². The third-order valence-electron chi connectivity index (χ3n) is 4.19. The number of aromatic nitrogens is 2. The third-order valence-corrected chi connectivity index (χ3v) is 4.19. The van der Waals surface area contributed by atoms with Crippen LogP contribution in [0.25, 0.3) is 0 Å². The molecular weight excluding hydrogens is 290 g/mol. The number of aliphatic carboxylic acids is 1. The van der Waals surface area contributed by atoms with E-state index in [0.717, 1.165) is 42.5 Å². The van der Waals surface area contributed by atoms with Crippen LogP contribution in [0.15, 0.2) is 30.3 Å². The predicted molar refractivity (Wildman–Crippen MR) is 88.6 cm³/mol. The molecule has 1 aromatic heterocycles. The Kier molecular flexibility index (Phi) is 4.55. The maximum absolute atomic E-state index is 11.7. The van der Waals surface area contributed by atoms with Gasteiger partial charge in [-0.1, -0.05) is 30.3 Å². The molecule has 0 unspecified atom stereocenters. The molecule has 5 heteroatoms. The van der Waals surface area contributed by atoms with Crippen molar-refractivity contribution in [3.05, 3.63) is 53.0 Å². The SMILES string of the molecule is Cc1nc2c(c(N[C@@H](Cc3ccccc3)C(=O)O)n1)CCCC2. The maximum Gasteiger partial charge on any atom is 0.326 e. The number of hydrogen-bond acceptors (Lipinski definition) is 4. The molecule has 1 aliphatic carbocycles. The highest BCUT2D eigenvalue weighted by Gasteiger charge is 2.23. The molecule has 1 aliphatic rings. The Hall–Kier alpha value is -2.43. The molecule has 0 spiro atoms. The molecular formula is C18H21N3O2. The van der Waals surface area contributed by atoms with Crippen LogP contribution < -0.4 is 5.32 Å². The summed E-state index contributed by atoms with van der Waals surface area (Å²) in [6.45, 7) is 1.85. The minimum atomic E-state index is -0.866. The number of carboxylic acids is 1. The van der Waals surface area contributed by atoms with Crippen molar-refractivity contribution >= 4 is 11.8 Å². The highest BCUT2D eigenvalue weighted by atomic mass is 16.4. The average molecular weight is 311 g/mol. The van der Waals surface area contributed by atoms with Gasteiger partial charge in [0.05, 0.1) is 0 Å². The van der Waals surface area contributed by atoms with E-state index >= 15 is 0 Å². The number of carbonyl (C=O) groups is 1. The van der Waals surface area contributed by atoms with Gasteiger partial charge < -0.3 is 10.4 Å². The first kappa shape index (κ1) is 15.5. The molecule has 1 atom stereocenters. The lowest BCUT2D eigenvalue weighted by atomic mass is 9.96. The van der Waals surface area contributed by atoms with Gasteiger partial charge in [0.1, 0.15) is 17.7 Å². The Morgan fingerprint density at radius 1 is 1.22 bits per heavy atom. The number of nitrogens with zero attached hydrogens (tertiary/aromatic N) is 2. The first-order valence-corrected chi connectivity index (χ1v) is 8.03. The monoisotopic (exact) mass is 311 g/mol. The molecule has 3 rings (SSSR count). The number of carboxylic acid groups (broad SMARTS) is 1. The van der Waals surface area contributed by atoms with Crippen molar-refractivity contribution in [3.63, 3.8) is 0 Å². The van der Waals surface area contributed by atoms with Crippen LogP contribution in [0.2, 0.25) is 0 Å². The van der Waals surface area contributed by atoms with Crippen LogP contribution in [0, 0.1) is 6.92 Å². The maximum atomic E-state index is 11.7. The summed E-state index contributed by atoms with van der Waals surface area (Å²) < 4.78 is 0. The van der Waals surface area contributed by atoms with E-state index in [1.54, 1.807) is 0 Å². The van der Waals surface area contributed by atoms with Crippen molar-refractivity contribution in [2.45, 2.75) is 45.1 Å². The van der Waals surface area contributed by atoms with Gasteiger partial charge in [-0.2, -0.15) is 0 Å². The second-order valence-electron chi connectivity index (χ2n) is 5.98. The summed E-state index contributed by atoms with van der Waals surface area (Å²) in [6, 6.07) is 8.96.